The largest absolute Gasteiger partial charge is 0.496 e. The number of benzene rings is 1. The second-order valence-corrected chi connectivity index (χ2v) is 5.05. The third kappa shape index (κ3) is 3.57. The van der Waals surface area contributed by atoms with E-state index in [1.165, 1.54) is 0 Å². The number of nitrogens with zero attached hydrogens (tertiary/aromatic N) is 2. The van der Waals surface area contributed by atoms with Crippen molar-refractivity contribution in [3.8, 4) is 17.1 Å². The summed E-state index contributed by atoms with van der Waals surface area (Å²) in [5.74, 6) is 2.13. The zero-order valence-electron chi connectivity index (χ0n) is 12.4. The normalized spacial score (nSPS) is 11.1. The van der Waals surface area contributed by atoms with Crippen LogP contribution in [0.1, 0.15) is 25.3 Å². The highest BCUT2D eigenvalue weighted by Crippen LogP contribution is 2.24. The van der Waals surface area contributed by atoms with Gasteiger partial charge < -0.3 is 14.6 Å². The van der Waals surface area contributed by atoms with Gasteiger partial charge in [0.25, 0.3) is 0 Å². The number of methoxy groups -OCH3 is 1. The van der Waals surface area contributed by atoms with Crippen molar-refractivity contribution in [2.45, 2.75) is 33.2 Å². The number of hydrogen-bond donors (Lipinski definition) is 1. The Hall–Kier alpha value is -1.88. The number of hydrogen-bond acceptors (Lipinski definition) is 5. The van der Waals surface area contributed by atoms with Crippen molar-refractivity contribution < 1.29 is 9.26 Å². The molecule has 0 saturated carbocycles. The highest BCUT2D eigenvalue weighted by Gasteiger charge is 2.10. The van der Waals surface area contributed by atoms with E-state index in [1.807, 2.05) is 25.1 Å². The van der Waals surface area contributed by atoms with Crippen LogP contribution >= 0.6 is 0 Å². The van der Waals surface area contributed by atoms with Crippen molar-refractivity contribution in [2.24, 2.45) is 0 Å². The average Bonchev–Trinajstić information content (AvgIpc) is 2.87. The lowest BCUT2D eigenvalue weighted by Crippen LogP contribution is -2.25. The summed E-state index contributed by atoms with van der Waals surface area (Å²) in [4.78, 5) is 4.42. The highest BCUT2D eigenvalue weighted by atomic mass is 16.5. The molecule has 0 aliphatic carbocycles. The smallest absolute Gasteiger partial charge is 0.228 e. The molecule has 5 heteroatoms. The standard InChI is InChI=1S/C15H21N3O2/c1-10(2)16-8-7-14-17-15(18-20-14)12-5-6-13(19-4)11(3)9-12/h5-6,9-10,16H,7-8H2,1-4H3. The summed E-state index contributed by atoms with van der Waals surface area (Å²) in [6.45, 7) is 7.05. The molecule has 5 nitrogen and oxygen atoms in total. The van der Waals surface area contributed by atoms with E-state index in [1.54, 1.807) is 7.11 Å². The van der Waals surface area contributed by atoms with E-state index in [2.05, 4.69) is 29.3 Å². The van der Waals surface area contributed by atoms with Gasteiger partial charge in [-0.1, -0.05) is 19.0 Å². The van der Waals surface area contributed by atoms with Gasteiger partial charge in [-0.3, -0.25) is 0 Å². The molecule has 0 spiro atoms. The highest BCUT2D eigenvalue weighted by molar-refractivity contribution is 5.58. The fraction of sp³-hybridized carbons (Fsp3) is 0.467. The van der Waals surface area contributed by atoms with Gasteiger partial charge in [-0.15, -0.1) is 0 Å². The monoisotopic (exact) mass is 275 g/mol. The zero-order chi connectivity index (χ0) is 14.5. The van der Waals surface area contributed by atoms with Crippen LogP contribution in [0.2, 0.25) is 0 Å². The van der Waals surface area contributed by atoms with Crippen molar-refractivity contribution in [3.05, 3.63) is 29.7 Å². The lowest BCUT2D eigenvalue weighted by atomic mass is 10.1. The SMILES string of the molecule is COc1ccc(-c2noc(CCNC(C)C)n2)cc1C. The molecule has 0 amide bonds. The first-order valence-corrected chi connectivity index (χ1v) is 6.81. The van der Waals surface area contributed by atoms with Crippen LogP contribution in [0.3, 0.4) is 0 Å². The molecule has 0 bridgehead atoms. The van der Waals surface area contributed by atoms with Crippen LogP contribution in [0.15, 0.2) is 22.7 Å². The number of aromatic nitrogens is 2. The molecule has 1 aromatic heterocycles. The van der Waals surface area contributed by atoms with Crippen LogP contribution in [0.25, 0.3) is 11.4 Å². The molecule has 0 unspecified atom stereocenters. The Kier molecular flexibility index (Phi) is 4.74. The molecule has 1 aromatic carbocycles. The average molecular weight is 275 g/mol. The summed E-state index contributed by atoms with van der Waals surface area (Å²) in [5, 5.41) is 7.35. The fourth-order valence-electron chi connectivity index (χ4n) is 1.96. The van der Waals surface area contributed by atoms with E-state index < -0.39 is 0 Å². The topological polar surface area (TPSA) is 60.2 Å². The lowest BCUT2D eigenvalue weighted by molar-refractivity contribution is 0.374. The van der Waals surface area contributed by atoms with E-state index in [-0.39, 0.29) is 0 Å². The zero-order valence-corrected chi connectivity index (χ0v) is 12.4. The number of ether oxygens (including phenoxy) is 1. The first-order valence-electron chi connectivity index (χ1n) is 6.81. The summed E-state index contributed by atoms with van der Waals surface area (Å²) in [5.41, 5.74) is 1.99. The van der Waals surface area contributed by atoms with Crippen LogP contribution in [-0.2, 0) is 6.42 Å². The van der Waals surface area contributed by atoms with Gasteiger partial charge in [0.15, 0.2) is 0 Å². The Labute approximate surface area is 119 Å². The fourth-order valence-corrected chi connectivity index (χ4v) is 1.96. The van der Waals surface area contributed by atoms with Gasteiger partial charge in [-0.05, 0) is 30.7 Å². The Morgan fingerprint density at radius 1 is 1.35 bits per heavy atom. The van der Waals surface area contributed by atoms with Crippen molar-refractivity contribution in [1.29, 1.82) is 0 Å². The quantitative estimate of drug-likeness (QED) is 0.878. The molecule has 2 aromatic rings. The van der Waals surface area contributed by atoms with Crippen LogP contribution in [0, 0.1) is 6.92 Å². The minimum atomic E-state index is 0.460. The summed E-state index contributed by atoms with van der Waals surface area (Å²) in [6.07, 6.45) is 0.736. The van der Waals surface area contributed by atoms with Gasteiger partial charge >= 0.3 is 0 Å². The minimum Gasteiger partial charge on any atom is -0.496 e. The molecule has 108 valence electrons. The predicted molar refractivity (Wildman–Crippen MR) is 77.9 cm³/mol. The third-order valence-electron chi connectivity index (χ3n) is 3.01. The third-order valence-corrected chi connectivity index (χ3v) is 3.01. The summed E-state index contributed by atoms with van der Waals surface area (Å²) in [7, 11) is 1.66. The van der Waals surface area contributed by atoms with Gasteiger partial charge in [0.2, 0.25) is 11.7 Å². The van der Waals surface area contributed by atoms with Crippen LogP contribution in [-0.4, -0.2) is 29.8 Å². The Morgan fingerprint density at radius 3 is 2.80 bits per heavy atom. The number of rotatable bonds is 6. The summed E-state index contributed by atoms with van der Waals surface area (Å²) >= 11 is 0. The van der Waals surface area contributed by atoms with Gasteiger partial charge in [-0.2, -0.15) is 4.98 Å². The van der Waals surface area contributed by atoms with Crippen molar-refractivity contribution in [3.63, 3.8) is 0 Å². The molecule has 0 saturated heterocycles. The minimum absolute atomic E-state index is 0.460. The Bertz CT molecular complexity index is 564. The Morgan fingerprint density at radius 2 is 2.15 bits per heavy atom. The second-order valence-electron chi connectivity index (χ2n) is 5.05. The Balaban J connectivity index is 2.06. The molecule has 0 aliphatic heterocycles. The van der Waals surface area contributed by atoms with Crippen LogP contribution in [0.4, 0.5) is 0 Å². The summed E-state index contributed by atoms with van der Waals surface area (Å²) in [6, 6.07) is 6.31. The van der Waals surface area contributed by atoms with Crippen LogP contribution < -0.4 is 10.1 Å². The van der Waals surface area contributed by atoms with Crippen molar-refractivity contribution in [2.75, 3.05) is 13.7 Å². The lowest BCUT2D eigenvalue weighted by Gasteiger charge is -2.05. The molecule has 1 heterocycles. The molecule has 0 radical (unpaired) electrons. The van der Waals surface area contributed by atoms with Gasteiger partial charge in [0.1, 0.15) is 5.75 Å². The molecule has 2 rings (SSSR count). The van der Waals surface area contributed by atoms with Gasteiger partial charge in [0, 0.05) is 24.6 Å². The number of nitrogens with one attached hydrogen (secondary N) is 1. The van der Waals surface area contributed by atoms with E-state index >= 15 is 0 Å². The first-order chi connectivity index (χ1) is 9.60. The van der Waals surface area contributed by atoms with Crippen molar-refractivity contribution >= 4 is 0 Å². The van der Waals surface area contributed by atoms with Gasteiger partial charge in [0.05, 0.1) is 7.11 Å². The van der Waals surface area contributed by atoms with E-state index in [0.29, 0.717) is 17.8 Å². The van der Waals surface area contributed by atoms with E-state index in [9.17, 15) is 0 Å². The maximum atomic E-state index is 5.26. The number of aryl methyl sites for hydroxylation is 1. The molecular weight excluding hydrogens is 254 g/mol. The summed E-state index contributed by atoms with van der Waals surface area (Å²) < 4.78 is 10.5. The molecular formula is C15H21N3O2. The van der Waals surface area contributed by atoms with E-state index in [4.69, 9.17) is 9.26 Å². The molecule has 0 fully saturated rings. The van der Waals surface area contributed by atoms with Gasteiger partial charge in [-0.25, -0.2) is 0 Å². The van der Waals surface area contributed by atoms with Crippen LogP contribution in [0.5, 0.6) is 5.75 Å². The maximum absolute atomic E-state index is 5.26. The van der Waals surface area contributed by atoms with E-state index in [0.717, 1.165) is 29.8 Å². The predicted octanol–water partition coefficient (Wildman–Crippen LogP) is 2.59. The second kappa shape index (κ2) is 6.52. The molecule has 1 N–H and O–H groups in total. The maximum Gasteiger partial charge on any atom is 0.228 e. The molecule has 0 atom stereocenters. The first kappa shape index (κ1) is 14.5. The van der Waals surface area contributed by atoms with Crippen molar-refractivity contribution in [1.82, 2.24) is 15.5 Å². The molecule has 0 aliphatic rings. The molecule has 20 heavy (non-hydrogen) atoms.